The molecule has 0 N–H and O–H groups in total. The number of hydrogen-bond donors (Lipinski definition) is 0. The van der Waals surface area contributed by atoms with E-state index in [4.69, 9.17) is 0 Å². The van der Waals surface area contributed by atoms with Crippen molar-refractivity contribution in [2.45, 2.75) is 13.8 Å². The summed E-state index contributed by atoms with van der Waals surface area (Å²) in [5, 5.41) is 2.53. The molecule has 0 saturated heterocycles. The molecule has 0 heteroatoms. The Kier molecular flexibility index (Phi) is 1.61. The molecule has 0 bridgehead atoms. The second kappa shape index (κ2) is 2.63. The van der Waals surface area contributed by atoms with Crippen molar-refractivity contribution in [1.82, 2.24) is 0 Å². The number of rotatable bonds is 0. The first-order chi connectivity index (χ1) is 5.79. The van der Waals surface area contributed by atoms with E-state index < -0.39 is 0 Å². The average Bonchev–Trinajstić information content (AvgIpc) is 2.12. The van der Waals surface area contributed by atoms with Crippen LogP contribution in [0.3, 0.4) is 0 Å². The molecule has 1 radical (unpaired) electrons. The third-order valence-corrected chi connectivity index (χ3v) is 2.37. The quantitative estimate of drug-likeness (QED) is 0.547. The van der Waals surface area contributed by atoms with Crippen LogP contribution in [0.25, 0.3) is 10.8 Å². The van der Waals surface area contributed by atoms with Crippen LogP contribution in [0.1, 0.15) is 11.1 Å². The van der Waals surface area contributed by atoms with Gasteiger partial charge in [0, 0.05) is 0 Å². The molecule has 0 amide bonds. The second-order valence-corrected chi connectivity index (χ2v) is 3.14. The molecule has 2 rings (SSSR count). The van der Waals surface area contributed by atoms with Crippen molar-refractivity contribution in [2.75, 3.05) is 0 Å². The van der Waals surface area contributed by atoms with Crippen LogP contribution in [0.15, 0.2) is 30.3 Å². The van der Waals surface area contributed by atoms with E-state index >= 15 is 0 Å². The fourth-order valence-electron chi connectivity index (χ4n) is 1.44. The molecule has 0 aliphatic heterocycles. The van der Waals surface area contributed by atoms with Gasteiger partial charge >= 0.3 is 0 Å². The van der Waals surface area contributed by atoms with Gasteiger partial charge in [-0.05, 0) is 41.8 Å². The predicted molar refractivity (Wildman–Crippen MR) is 52.3 cm³/mol. The van der Waals surface area contributed by atoms with E-state index in [1.165, 1.54) is 21.9 Å². The van der Waals surface area contributed by atoms with Crippen molar-refractivity contribution in [3.05, 3.63) is 47.5 Å². The van der Waals surface area contributed by atoms with Crippen LogP contribution in [-0.4, -0.2) is 0 Å². The van der Waals surface area contributed by atoms with Crippen LogP contribution in [-0.2, 0) is 0 Å². The molecule has 0 unspecified atom stereocenters. The average molecular weight is 155 g/mol. The molecule has 59 valence electrons. The summed E-state index contributed by atoms with van der Waals surface area (Å²) in [5.74, 6) is 0. The maximum Gasteiger partial charge on any atom is -0.00962 e. The number of benzene rings is 2. The summed E-state index contributed by atoms with van der Waals surface area (Å²) in [5.41, 5.74) is 2.68. The summed E-state index contributed by atoms with van der Waals surface area (Å²) in [4.78, 5) is 0. The lowest BCUT2D eigenvalue weighted by Gasteiger charge is -2.03. The summed E-state index contributed by atoms with van der Waals surface area (Å²) in [6.45, 7) is 4.28. The molecule has 0 fully saturated rings. The summed E-state index contributed by atoms with van der Waals surface area (Å²) in [6.07, 6.45) is 0. The molecule has 2 aromatic rings. The van der Waals surface area contributed by atoms with Gasteiger partial charge < -0.3 is 0 Å². The highest BCUT2D eigenvalue weighted by Gasteiger charge is 1.97. The first-order valence-corrected chi connectivity index (χ1v) is 4.15. The Bertz CT molecular complexity index is 413. The van der Waals surface area contributed by atoms with Gasteiger partial charge in [-0.3, -0.25) is 0 Å². The number of hydrogen-bond acceptors (Lipinski definition) is 0. The van der Waals surface area contributed by atoms with Gasteiger partial charge in [0.25, 0.3) is 0 Å². The highest BCUT2D eigenvalue weighted by atomic mass is 14.0. The van der Waals surface area contributed by atoms with Gasteiger partial charge in [-0.15, -0.1) is 0 Å². The third kappa shape index (κ3) is 1.00. The minimum absolute atomic E-state index is 1.21. The van der Waals surface area contributed by atoms with Gasteiger partial charge in [-0.25, -0.2) is 0 Å². The Morgan fingerprint density at radius 2 is 1.83 bits per heavy atom. The normalized spacial score (nSPS) is 10.5. The Balaban J connectivity index is 2.91. The molecular weight excluding hydrogens is 144 g/mol. The fraction of sp³-hybridized carbons (Fsp3) is 0.167. The topological polar surface area (TPSA) is 0 Å². The zero-order valence-electron chi connectivity index (χ0n) is 7.39. The van der Waals surface area contributed by atoms with Crippen LogP contribution in [0.4, 0.5) is 0 Å². The van der Waals surface area contributed by atoms with E-state index in [0.717, 1.165) is 0 Å². The smallest absolute Gasteiger partial charge is 0.00962 e. The van der Waals surface area contributed by atoms with Crippen LogP contribution in [0, 0.1) is 19.9 Å². The summed E-state index contributed by atoms with van der Waals surface area (Å²) in [7, 11) is 0. The van der Waals surface area contributed by atoms with Gasteiger partial charge in [-0.1, -0.05) is 30.3 Å². The zero-order valence-corrected chi connectivity index (χ0v) is 7.39. The molecule has 12 heavy (non-hydrogen) atoms. The molecule has 0 saturated carbocycles. The minimum atomic E-state index is 1.21. The lowest BCUT2D eigenvalue weighted by Crippen LogP contribution is -1.82. The monoisotopic (exact) mass is 155 g/mol. The lowest BCUT2D eigenvalue weighted by atomic mass is 10.0. The Morgan fingerprint density at radius 3 is 2.67 bits per heavy atom. The number of fused-ring (bicyclic) bond motifs is 1. The van der Waals surface area contributed by atoms with Crippen molar-refractivity contribution in [3.8, 4) is 0 Å². The van der Waals surface area contributed by atoms with E-state index in [9.17, 15) is 0 Å². The molecular formula is C12H11. The highest BCUT2D eigenvalue weighted by Crippen LogP contribution is 2.19. The third-order valence-electron chi connectivity index (χ3n) is 2.37. The zero-order chi connectivity index (χ0) is 8.55. The van der Waals surface area contributed by atoms with Gasteiger partial charge in [0.2, 0.25) is 0 Å². The van der Waals surface area contributed by atoms with Crippen LogP contribution in [0.2, 0.25) is 0 Å². The van der Waals surface area contributed by atoms with E-state index in [1.807, 2.05) is 6.07 Å². The molecule has 0 heterocycles. The van der Waals surface area contributed by atoms with Gasteiger partial charge in [-0.2, -0.15) is 0 Å². The predicted octanol–water partition coefficient (Wildman–Crippen LogP) is 3.26. The van der Waals surface area contributed by atoms with E-state index in [2.05, 4.69) is 44.2 Å². The largest absolute Gasteiger partial charge is 0.0616 e. The molecule has 0 aliphatic rings. The van der Waals surface area contributed by atoms with Crippen molar-refractivity contribution < 1.29 is 0 Å². The van der Waals surface area contributed by atoms with Crippen molar-refractivity contribution in [1.29, 1.82) is 0 Å². The van der Waals surface area contributed by atoms with Gasteiger partial charge in [0.15, 0.2) is 0 Å². The summed E-state index contributed by atoms with van der Waals surface area (Å²) in [6, 6.07) is 13.7. The molecule has 0 spiro atoms. The second-order valence-electron chi connectivity index (χ2n) is 3.14. The van der Waals surface area contributed by atoms with Crippen molar-refractivity contribution >= 4 is 10.8 Å². The first kappa shape index (κ1) is 7.35. The van der Waals surface area contributed by atoms with Crippen molar-refractivity contribution in [3.63, 3.8) is 0 Å². The molecule has 0 aliphatic carbocycles. The van der Waals surface area contributed by atoms with Gasteiger partial charge in [0.05, 0.1) is 0 Å². The van der Waals surface area contributed by atoms with E-state index in [0.29, 0.717) is 0 Å². The Labute approximate surface area is 72.8 Å². The molecule has 0 aromatic heterocycles. The summed E-state index contributed by atoms with van der Waals surface area (Å²) < 4.78 is 0. The first-order valence-electron chi connectivity index (χ1n) is 4.15. The molecule has 0 atom stereocenters. The van der Waals surface area contributed by atoms with Crippen molar-refractivity contribution in [2.24, 2.45) is 0 Å². The van der Waals surface area contributed by atoms with E-state index in [1.54, 1.807) is 0 Å². The lowest BCUT2D eigenvalue weighted by molar-refractivity contribution is 1.38. The van der Waals surface area contributed by atoms with Gasteiger partial charge in [0.1, 0.15) is 0 Å². The SMILES string of the molecule is Cc1c[c]c2ccccc2c1C. The standard InChI is InChI=1S/C12H11/c1-9-7-8-11-5-3-4-6-12(11)10(9)2/h3-7H,1-2H3. The molecule has 0 nitrogen and oxygen atoms in total. The van der Waals surface area contributed by atoms with Crippen LogP contribution < -0.4 is 0 Å². The number of aryl methyl sites for hydroxylation is 2. The van der Waals surface area contributed by atoms with Crippen LogP contribution >= 0.6 is 0 Å². The summed E-state index contributed by atoms with van der Waals surface area (Å²) >= 11 is 0. The Hall–Kier alpha value is -1.30. The highest BCUT2D eigenvalue weighted by molar-refractivity contribution is 5.85. The van der Waals surface area contributed by atoms with E-state index in [-0.39, 0.29) is 0 Å². The molecule has 2 aromatic carbocycles. The maximum absolute atomic E-state index is 3.26. The maximum atomic E-state index is 3.26. The van der Waals surface area contributed by atoms with Crippen LogP contribution in [0.5, 0.6) is 0 Å². The minimum Gasteiger partial charge on any atom is -0.0616 e. The fourth-order valence-corrected chi connectivity index (χ4v) is 1.44. The Morgan fingerprint density at radius 1 is 1.08 bits per heavy atom.